The van der Waals surface area contributed by atoms with Gasteiger partial charge in [0.1, 0.15) is 0 Å². The Morgan fingerprint density at radius 1 is 0.863 bits per heavy atom. The summed E-state index contributed by atoms with van der Waals surface area (Å²) in [5.74, 6) is -1.78. The molecule has 5 aromatic rings. The second-order valence-electron chi connectivity index (χ2n) is 11.4. The number of amidine groups is 1. The van der Waals surface area contributed by atoms with E-state index in [0.717, 1.165) is 28.3 Å². The van der Waals surface area contributed by atoms with Gasteiger partial charge in [-0.3, -0.25) is 19.7 Å². The lowest BCUT2D eigenvalue weighted by Gasteiger charge is -2.09. The van der Waals surface area contributed by atoms with Gasteiger partial charge in [-0.05, 0) is 89.5 Å². The fourth-order valence-electron chi connectivity index (χ4n) is 4.98. The number of benzene rings is 5. The number of anilines is 3. The van der Waals surface area contributed by atoms with E-state index in [1.165, 1.54) is 36.0 Å². The van der Waals surface area contributed by atoms with Crippen molar-refractivity contribution >= 4 is 67.6 Å². The van der Waals surface area contributed by atoms with Crippen LogP contribution in [-0.4, -0.2) is 30.3 Å². The lowest BCUT2D eigenvalue weighted by molar-refractivity contribution is -0.385. The summed E-state index contributed by atoms with van der Waals surface area (Å²) >= 11 is 1.19. The summed E-state index contributed by atoms with van der Waals surface area (Å²) in [6, 6.07) is 31.3. The zero-order valence-corrected chi connectivity index (χ0v) is 28.4. The van der Waals surface area contributed by atoms with Crippen molar-refractivity contribution in [2.75, 3.05) is 10.6 Å². The summed E-state index contributed by atoms with van der Waals surface area (Å²) in [7, 11) is -3.98. The van der Waals surface area contributed by atoms with Gasteiger partial charge in [0.05, 0.1) is 32.9 Å². The topological polar surface area (TPSA) is 160 Å². The number of rotatable bonds is 10. The van der Waals surface area contributed by atoms with Crippen LogP contribution in [-0.2, 0) is 26.0 Å². The van der Waals surface area contributed by atoms with Crippen LogP contribution in [0.25, 0.3) is 17.2 Å². The molecule has 0 saturated carbocycles. The van der Waals surface area contributed by atoms with Crippen LogP contribution in [0.3, 0.4) is 0 Å². The third-order valence-electron chi connectivity index (χ3n) is 7.64. The number of carbonyl (C=O) groups is 2. The van der Waals surface area contributed by atoms with E-state index in [1.807, 2.05) is 43.3 Å². The second-order valence-corrected chi connectivity index (χ2v) is 14.1. The normalized spacial score (nSPS) is 13.5. The van der Waals surface area contributed by atoms with Gasteiger partial charge in [-0.2, -0.15) is 4.99 Å². The summed E-state index contributed by atoms with van der Waals surface area (Å²) in [6.45, 7) is 1.84. The molecular formula is C37H28FN5O6S2. The Balaban J connectivity index is 1.01. The highest BCUT2D eigenvalue weighted by Gasteiger charge is 2.22. The van der Waals surface area contributed by atoms with Gasteiger partial charge >= 0.3 is 0 Å². The number of sulfonamides is 1. The maximum atomic E-state index is 14.3. The molecule has 3 N–H and O–H groups in total. The van der Waals surface area contributed by atoms with Crippen molar-refractivity contribution in [2.45, 2.75) is 18.2 Å². The van der Waals surface area contributed by atoms with E-state index in [-0.39, 0.29) is 28.6 Å². The standard InChI is InChI=1S/C37H28FN5O6S2/c1-23-2-17-31(18-3-23)51(48,49)42-35(44)21-25-6-12-29(13-7-25)40-37-41-36(45)34(50-37)20-24-4-8-26(9-5-24)27-10-14-28(15-11-27)39-33-19-16-30(43(46)47)22-32(33)38/h2-20,22,39H,21H2,1H3,(H,42,44)(H,40,41,45). The Hall–Kier alpha value is -6.12. The molecule has 0 atom stereocenters. The predicted octanol–water partition coefficient (Wildman–Crippen LogP) is 7.58. The zero-order valence-electron chi connectivity index (χ0n) is 26.8. The smallest absolute Gasteiger partial charge is 0.286 e. The summed E-state index contributed by atoms with van der Waals surface area (Å²) in [5.41, 5.74) is 5.17. The van der Waals surface area contributed by atoms with Gasteiger partial charge in [0.25, 0.3) is 21.6 Å². The first-order valence-electron chi connectivity index (χ1n) is 15.3. The third-order valence-corrected chi connectivity index (χ3v) is 9.93. The van der Waals surface area contributed by atoms with Crippen LogP contribution in [0.4, 0.5) is 27.1 Å². The Kier molecular flexibility index (Phi) is 10.1. The molecule has 6 rings (SSSR count). The second kappa shape index (κ2) is 14.8. The van der Waals surface area contributed by atoms with E-state index >= 15 is 0 Å². The molecule has 1 heterocycles. The average Bonchev–Trinajstić information content (AvgIpc) is 3.44. The molecule has 0 spiro atoms. The lowest BCUT2D eigenvalue weighted by Crippen LogP contribution is -2.31. The minimum atomic E-state index is -3.98. The number of aryl methyl sites for hydroxylation is 1. The molecule has 1 aliphatic rings. The summed E-state index contributed by atoms with van der Waals surface area (Å²) < 4.78 is 41.4. The molecule has 11 nitrogen and oxygen atoms in total. The largest absolute Gasteiger partial charge is 0.353 e. The summed E-state index contributed by atoms with van der Waals surface area (Å²) in [5, 5.41) is 17.3. The van der Waals surface area contributed by atoms with Crippen LogP contribution in [0.15, 0.2) is 130 Å². The number of hydrogen-bond acceptors (Lipinski definition) is 9. The number of aliphatic imine (C=N–C) groups is 1. The van der Waals surface area contributed by atoms with Crippen molar-refractivity contribution in [1.82, 2.24) is 4.72 Å². The van der Waals surface area contributed by atoms with Crippen LogP contribution < -0.4 is 15.4 Å². The molecule has 0 unspecified atom stereocenters. The van der Waals surface area contributed by atoms with Crippen LogP contribution in [0.2, 0.25) is 0 Å². The van der Waals surface area contributed by atoms with Crippen molar-refractivity contribution in [2.24, 2.45) is 4.99 Å². The van der Waals surface area contributed by atoms with E-state index in [2.05, 4.69) is 20.3 Å². The van der Waals surface area contributed by atoms with Crippen molar-refractivity contribution in [3.05, 3.63) is 153 Å². The van der Waals surface area contributed by atoms with Gasteiger partial charge in [0.15, 0.2) is 11.0 Å². The molecule has 1 aliphatic heterocycles. The van der Waals surface area contributed by atoms with Gasteiger partial charge < -0.3 is 10.6 Å². The molecule has 0 aliphatic carbocycles. The quantitative estimate of drug-likeness (QED) is 0.0750. The highest BCUT2D eigenvalue weighted by atomic mass is 32.2. The number of hydrogen-bond donors (Lipinski definition) is 3. The average molecular weight is 722 g/mol. The SMILES string of the molecule is Cc1ccc(S(=O)(=O)NC(=O)Cc2ccc(NC3=NC(=O)C(=Cc4ccc(-c5ccc(Nc6ccc([N+](=O)[O-])cc6F)cc5)cc4)S3)cc2)cc1. The van der Waals surface area contributed by atoms with Crippen LogP contribution in [0.5, 0.6) is 0 Å². The minimum absolute atomic E-state index is 0.0103. The van der Waals surface area contributed by atoms with Crippen molar-refractivity contribution < 1.29 is 27.3 Å². The number of nitrogens with zero attached hydrogens (tertiary/aromatic N) is 2. The fraction of sp³-hybridized carbons (Fsp3) is 0.0541. The summed E-state index contributed by atoms with van der Waals surface area (Å²) in [4.78, 5) is 39.8. The number of nitro benzene ring substituents is 1. The molecule has 2 amide bonds. The van der Waals surface area contributed by atoms with Crippen molar-refractivity contribution in [3.8, 4) is 11.1 Å². The molecule has 256 valence electrons. The molecule has 0 bridgehead atoms. The molecule has 0 aromatic heterocycles. The maximum absolute atomic E-state index is 14.3. The molecule has 0 radical (unpaired) electrons. The van der Waals surface area contributed by atoms with Gasteiger partial charge in [-0.25, -0.2) is 17.5 Å². The highest BCUT2D eigenvalue weighted by Crippen LogP contribution is 2.31. The van der Waals surface area contributed by atoms with E-state index < -0.39 is 26.7 Å². The molecule has 0 fully saturated rings. The number of carbonyl (C=O) groups excluding carboxylic acids is 2. The van der Waals surface area contributed by atoms with Crippen molar-refractivity contribution in [3.63, 3.8) is 0 Å². The Morgan fingerprint density at radius 3 is 2.10 bits per heavy atom. The van der Waals surface area contributed by atoms with Crippen LogP contribution in [0.1, 0.15) is 16.7 Å². The molecule has 51 heavy (non-hydrogen) atoms. The Morgan fingerprint density at radius 2 is 1.47 bits per heavy atom. The number of amides is 2. The first kappa shape index (κ1) is 34.7. The van der Waals surface area contributed by atoms with Crippen molar-refractivity contribution in [1.29, 1.82) is 0 Å². The fourth-order valence-corrected chi connectivity index (χ4v) is 6.80. The number of non-ortho nitro benzene ring substituents is 1. The number of nitrogens with one attached hydrogen (secondary N) is 3. The lowest BCUT2D eigenvalue weighted by atomic mass is 10.0. The van der Waals surface area contributed by atoms with E-state index in [9.17, 15) is 32.5 Å². The Labute approximate surface area is 296 Å². The van der Waals surface area contributed by atoms with E-state index in [1.54, 1.807) is 54.6 Å². The van der Waals surface area contributed by atoms with Gasteiger partial charge in [-0.1, -0.05) is 66.2 Å². The van der Waals surface area contributed by atoms with Crippen LogP contribution >= 0.6 is 11.8 Å². The number of nitro groups is 1. The highest BCUT2D eigenvalue weighted by molar-refractivity contribution is 8.18. The maximum Gasteiger partial charge on any atom is 0.286 e. The van der Waals surface area contributed by atoms with E-state index in [0.29, 0.717) is 27.0 Å². The van der Waals surface area contributed by atoms with E-state index in [4.69, 9.17) is 0 Å². The molecular weight excluding hydrogens is 694 g/mol. The minimum Gasteiger partial charge on any atom is -0.353 e. The van der Waals surface area contributed by atoms with Gasteiger partial charge in [-0.15, -0.1) is 0 Å². The zero-order chi connectivity index (χ0) is 36.1. The van der Waals surface area contributed by atoms with Gasteiger partial charge in [0, 0.05) is 17.4 Å². The first-order chi connectivity index (χ1) is 24.4. The number of halogens is 1. The Bertz CT molecular complexity index is 2310. The van der Waals surface area contributed by atoms with Crippen LogP contribution in [0, 0.1) is 22.9 Å². The monoisotopic (exact) mass is 721 g/mol. The predicted molar refractivity (Wildman–Crippen MR) is 197 cm³/mol. The first-order valence-corrected chi connectivity index (χ1v) is 17.6. The molecule has 5 aromatic carbocycles. The molecule has 0 saturated heterocycles. The molecule has 14 heteroatoms. The number of thioether (sulfide) groups is 1. The van der Waals surface area contributed by atoms with Gasteiger partial charge in [0.2, 0.25) is 5.91 Å². The third kappa shape index (κ3) is 8.73. The summed E-state index contributed by atoms with van der Waals surface area (Å²) in [6.07, 6.45) is 1.60.